The van der Waals surface area contributed by atoms with E-state index in [1.54, 1.807) is 0 Å². The van der Waals surface area contributed by atoms with Crippen molar-refractivity contribution in [2.45, 2.75) is 45.3 Å². The lowest BCUT2D eigenvalue weighted by molar-refractivity contribution is -0.168. The van der Waals surface area contributed by atoms with E-state index in [-0.39, 0.29) is 17.7 Å². The van der Waals surface area contributed by atoms with E-state index >= 15 is 0 Å². The van der Waals surface area contributed by atoms with Gasteiger partial charge in [-0.1, -0.05) is 0 Å². The van der Waals surface area contributed by atoms with Crippen molar-refractivity contribution >= 4 is 5.97 Å². The first-order valence-corrected chi connectivity index (χ1v) is 4.33. The summed E-state index contributed by atoms with van der Waals surface area (Å²) in [6.07, 6.45) is 1.80. The maximum Gasteiger partial charge on any atom is 0.303 e. The molecule has 0 spiro atoms. The lowest BCUT2D eigenvalue weighted by Gasteiger charge is -2.36. The Morgan fingerprint density at radius 2 is 2.33 bits per heavy atom. The van der Waals surface area contributed by atoms with Gasteiger partial charge < -0.3 is 9.47 Å². The minimum atomic E-state index is -0.302. The first-order valence-electron chi connectivity index (χ1n) is 4.33. The summed E-state index contributed by atoms with van der Waals surface area (Å²) < 4.78 is 10.6. The van der Waals surface area contributed by atoms with Crippen LogP contribution in [0.5, 0.6) is 0 Å². The molecule has 1 fully saturated rings. The zero-order chi connectivity index (χ0) is 9.19. The van der Waals surface area contributed by atoms with Crippen LogP contribution in [0.15, 0.2) is 0 Å². The number of carbonyl (C=O) groups excluding carboxylic acids is 1. The average molecular weight is 172 g/mol. The fraction of sp³-hybridized carbons (Fsp3) is 0.889. The lowest BCUT2D eigenvalue weighted by Crippen LogP contribution is -2.40. The number of hydrogen-bond donors (Lipinski definition) is 0. The van der Waals surface area contributed by atoms with Crippen LogP contribution in [0.2, 0.25) is 0 Å². The van der Waals surface area contributed by atoms with Crippen molar-refractivity contribution in [3.05, 3.63) is 0 Å². The summed E-state index contributed by atoms with van der Waals surface area (Å²) in [5, 5.41) is 0. The summed E-state index contributed by atoms with van der Waals surface area (Å²) in [4.78, 5) is 10.8. The number of carbonyl (C=O) groups is 1. The molecule has 1 rings (SSSR count). The topological polar surface area (TPSA) is 35.5 Å². The molecule has 0 aromatic heterocycles. The number of ether oxygens (including phenoxy) is 2. The van der Waals surface area contributed by atoms with Crippen LogP contribution < -0.4 is 0 Å². The quantitative estimate of drug-likeness (QED) is 0.562. The monoisotopic (exact) mass is 172 g/mol. The van der Waals surface area contributed by atoms with Gasteiger partial charge in [0.25, 0.3) is 0 Å². The zero-order valence-corrected chi connectivity index (χ0v) is 7.92. The molecular weight excluding hydrogens is 156 g/mol. The highest BCUT2D eigenvalue weighted by Gasteiger charge is 2.33. The predicted molar refractivity (Wildman–Crippen MR) is 44.8 cm³/mol. The van der Waals surface area contributed by atoms with Gasteiger partial charge in [-0.15, -0.1) is 0 Å². The zero-order valence-electron chi connectivity index (χ0n) is 7.92. The van der Waals surface area contributed by atoms with Crippen molar-refractivity contribution in [3.63, 3.8) is 0 Å². The molecule has 3 heteroatoms. The molecule has 1 aliphatic heterocycles. The molecule has 0 bridgehead atoms. The van der Waals surface area contributed by atoms with Gasteiger partial charge in [0.1, 0.15) is 5.60 Å². The van der Waals surface area contributed by atoms with Crippen molar-refractivity contribution in [2.24, 2.45) is 0 Å². The fourth-order valence-corrected chi connectivity index (χ4v) is 1.68. The van der Waals surface area contributed by atoms with Crippen molar-refractivity contribution < 1.29 is 14.3 Å². The third kappa shape index (κ3) is 2.48. The predicted octanol–water partition coefficient (Wildman–Crippen LogP) is 1.51. The van der Waals surface area contributed by atoms with Crippen LogP contribution in [0, 0.1) is 0 Å². The highest BCUT2D eigenvalue weighted by atomic mass is 16.6. The Labute approximate surface area is 73.0 Å². The largest absolute Gasteiger partial charge is 0.459 e. The average Bonchev–Trinajstić information content (AvgIpc) is 1.82. The molecule has 3 nitrogen and oxygen atoms in total. The van der Waals surface area contributed by atoms with Crippen molar-refractivity contribution in [2.75, 3.05) is 6.61 Å². The van der Waals surface area contributed by atoms with Gasteiger partial charge in [-0.2, -0.15) is 0 Å². The molecule has 12 heavy (non-hydrogen) atoms. The Balaban J connectivity index is 2.51. The van der Waals surface area contributed by atoms with Crippen LogP contribution >= 0.6 is 0 Å². The van der Waals surface area contributed by atoms with Gasteiger partial charge in [0.15, 0.2) is 0 Å². The maximum atomic E-state index is 10.8. The van der Waals surface area contributed by atoms with E-state index in [0.29, 0.717) is 6.61 Å². The van der Waals surface area contributed by atoms with Crippen LogP contribution in [0.25, 0.3) is 0 Å². The van der Waals surface area contributed by atoms with Gasteiger partial charge in [-0.3, -0.25) is 4.79 Å². The lowest BCUT2D eigenvalue weighted by atomic mass is 9.93. The molecule has 0 amide bonds. The van der Waals surface area contributed by atoms with Crippen LogP contribution in [0.4, 0.5) is 0 Å². The van der Waals surface area contributed by atoms with E-state index in [4.69, 9.17) is 9.47 Å². The molecule has 1 heterocycles. The molecule has 70 valence electrons. The second-order valence-corrected chi connectivity index (χ2v) is 3.68. The molecular formula is C9H16O3. The van der Waals surface area contributed by atoms with Gasteiger partial charge in [0, 0.05) is 19.8 Å². The van der Waals surface area contributed by atoms with Crippen LogP contribution in [0.1, 0.15) is 33.6 Å². The molecule has 0 radical (unpaired) electrons. The Bertz CT molecular complexity index is 179. The van der Waals surface area contributed by atoms with Gasteiger partial charge >= 0.3 is 5.97 Å². The maximum absolute atomic E-state index is 10.8. The molecule has 2 unspecified atom stereocenters. The van der Waals surface area contributed by atoms with Crippen molar-refractivity contribution in [1.82, 2.24) is 0 Å². The van der Waals surface area contributed by atoms with Crippen molar-refractivity contribution in [1.29, 1.82) is 0 Å². The van der Waals surface area contributed by atoms with Gasteiger partial charge in [0.2, 0.25) is 0 Å². The molecule has 1 aliphatic rings. The molecule has 0 aromatic rings. The Kier molecular flexibility index (Phi) is 2.73. The summed E-state index contributed by atoms with van der Waals surface area (Å²) in [6.45, 7) is 6.10. The Morgan fingerprint density at radius 3 is 2.83 bits per heavy atom. The SMILES string of the molecule is CC(=O)OC1(C)CCOC(C)C1. The number of rotatable bonds is 1. The summed E-state index contributed by atoms with van der Waals surface area (Å²) in [5.41, 5.74) is -0.302. The van der Waals surface area contributed by atoms with Crippen LogP contribution in [-0.2, 0) is 14.3 Å². The third-order valence-electron chi connectivity index (χ3n) is 2.14. The summed E-state index contributed by atoms with van der Waals surface area (Å²) in [5.74, 6) is -0.202. The van der Waals surface area contributed by atoms with Crippen molar-refractivity contribution in [3.8, 4) is 0 Å². The standard InChI is InChI=1S/C9H16O3/c1-7-6-9(3,4-5-11-7)12-8(2)10/h7H,4-6H2,1-3H3. The highest BCUT2D eigenvalue weighted by Crippen LogP contribution is 2.27. The molecule has 0 N–H and O–H groups in total. The molecule has 1 saturated heterocycles. The van der Waals surface area contributed by atoms with E-state index in [9.17, 15) is 4.79 Å². The third-order valence-corrected chi connectivity index (χ3v) is 2.14. The molecule has 0 aliphatic carbocycles. The summed E-state index contributed by atoms with van der Waals surface area (Å²) in [6, 6.07) is 0. The van der Waals surface area contributed by atoms with Crippen LogP contribution in [0.3, 0.4) is 0 Å². The summed E-state index contributed by atoms with van der Waals surface area (Å²) in [7, 11) is 0. The van der Waals surface area contributed by atoms with Crippen LogP contribution in [-0.4, -0.2) is 24.3 Å². The number of hydrogen-bond acceptors (Lipinski definition) is 3. The van der Waals surface area contributed by atoms with Gasteiger partial charge in [-0.25, -0.2) is 0 Å². The highest BCUT2D eigenvalue weighted by molar-refractivity contribution is 5.66. The minimum absolute atomic E-state index is 0.197. The second-order valence-electron chi connectivity index (χ2n) is 3.68. The number of esters is 1. The molecule has 2 atom stereocenters. The van der Waals surface area contributed by atoms with E-state index in [2.05, 4.69) is 0 Å². The normalized spacial score (nSPS) is 36.1. The first kappa shape index (κ1) is 9.52. The Hall–Kier alpha value is -0.570. The Morgan fingerprint density at radius 1 is 1.67 bits per heavy atom. The van der Waals surface area contributed by atoms with E-state index in [0.717, 1.165) is 12.8 Å². The van der Waals surface area contributed by atoms with Gasteiger partial charge in [0.05, 0.1) is 12.7 Å². The summed E-state index contributed by atoms with van der Waals surface area (Å²) >= 11 is 0. The van der Waals surface area contributed by atoms with Gasteiger partial charge in [-0.05, 0) is 13.8 Å². The molecule has 0 saturated carbocycles. The molecule has 0 aromatic carbocycles. The van der Waals surface area contributed by atoms with E-state index in [1.807, 2.05) is 13.8 Å². The minimum Gasteiger partial charge on any atom is -0.459 e. The first-order chi connectivity index (χ1) is 5.52. The van der Waals surface area contributed by atoms with E-state index < -0.39 is 0 Å². The second kappa shape index (κ2) is 3.44. The van der Waals surface area contributed by atoms with E-state index in [1.165, 1.54) is 6.92 Å². The fourth-order valence-electron chi connectivity index (χ4n) is 1.68. The smallest absolute Gasteiger partial charge is 0.303 e.